The molecule has 1 saturated heterocycles. The third-order valence-corrected chi connectivity index (χ3v) is 7.15. The number of carbonyl (C=O) groups excluding carboxylic acids is 2. The van der Waals surface area contributed by atoms with Gasteiger partial charge in [0.2, 0.25) is 0 Å². The molecule has 0 spiro atoms. The number of amides is 2. The number of aromatic nitrogens is 2. The van der Waals surface area contributed by atoms with E-state index in [0.717, 1.165) is 34.6 Å². The van der Waals surface area contributed by atoms with Gasteiger partial charge in [-0.25, -0.2) is 0 Å². The van der Waals surface area contributed by atoms with E-state index in [2.05, 4.69) is 27.4 Å². The molecule has 2 unspecified atom stereocenters. The predicted molar refractivity (Wildman–Crippen MR) is 144 cm³/mol. The number of aromatic amines is 2. The molecule has 4 heterocycles. The van der Waals surface area contributed by atoms with Gasteiger partial charge >= 0.3 is 0 Å². The third kappa shape index (κ3) is 4.19. The Hall–Kier alpha value is -3.65. The largest absolute Gasteiger partial charge is 0.361 e. The van der Waals surface area contributed by atoms with E-state index in [4.69, 9.17) is 21.1 Å². The second kappa shape index (κ2) is 9.03. The Bertz CT molecular complexity index is 1610. The van der Waals surface area contributed by atoms with Crippen LogP contribution in [0.15, 0.2) is 66.9 Å². The molecule has 8 heteroatoms. The van der Waals surface area contributed by atoms with Crippen molar-refractivity contribution in [1.29, 1.82) is 0 Å². The van der Waals surface area contributed by atoms with Crippen LogP contribution in [0.2, 0.25) is 5.15 Å². The summed E-state index contributed by atoms with van der Waals surface area (Å²) in [7, 11) is 0. The average molecular weight is 516 g/mol. The summed E-state index contributed by atoms with van der Waals surface area (Å²) in [6.07, 6.45) is 8.77. The summed E-state index contributed by atoms with van der Waals surface area (Å²) in [5.74, 6) is -1.23. The number of para-hydroxylation sites is 2. The molecule has 188 valence electrons. The fourth-order valence-electron chi connectivity index (χ4n) is 5.32. The van der Waals surface area contributed by atoms with Gasteiger partial charge in [0, 0.05) is 39.1 Å². The number of halogens is 1. The zero-order valence-electron chi connectivity index (χ0n) is 20.4. The van der Waals surface area contributed by atoms with E-state index >= 15 is 0 Å². The minimum Gasteiger partial charge on any atom is -0.361 e. The molecule has 1 aliphatic carbocycles. The van der Waals surface area contributed by atoms with Crippen LogP contribution in [0.4, 0.5) is 0 Å². The van der Waals surface area contributed by atoms with Crippen LogP contribution in [0, 0.1) is 0 Å². The number of allylic oxidation sites excluding steroid dienone is 1. The summed E-state index contributed by atoms with van der Waals surface area (Å²) in [5.41, 5.74) is 3.56. The molecular formula is C29H26ClN3O4. The van der Waals surface area contributed by atoms with Gasteiger partial charge in [-0.2, -0.15) is 0 Å². The lowest BCUT2D eigenvalue weighted by Crippen LogP contribution is -2.22. The molecule has 7 rings (SSSR count). The Kier molecular flexibility index (Phi) is 5.79. The molecule has 0 saturated carbocycles. The summed E-state index contributed by atoms with van der Waals surface area (Å²) >= 11 is 6.42. The molecular weight excluding hydrogens is 490 g/mol. The monoisotopic (exact) mass is 515 g/mol. The van der Waals surface area contributed by atoms with E-state index in [1.165, 1.54) is 0 Å². The number of carbonyl (C=O) groups is 2. The Morgan fingerprint density at radius 2 is 1.62 bits per heavy atom. The number of imide groups is 1. The highest BCUT2D eigenvalue weighted by Gasteiger charge is 2.40. The summed E-state index contributed by atoms with van der Waals surface area (Å²) in [5, 5.41) is 4.42. The van der Waals surface area contributed by atoms with Crippen LogP contribution < -0.4 is 5.32 Å². The zero-order chi connectivity index (χ0) is 25.7. The molecule has 4 aromatic rings. The van der Waals surface area contributed by atoms with Gasteiger partial charge < -0.3 is 19.4 Å². The van der Waals surface area contributed by atoms with Crippen molar-refractivity contribution in [3.63, 3.8) is 0 Å². The Balaban J connectivity index is 0.000000191. The van der Waals surface area contributed by atoms with Crippen molar-refractivity contribution in [1.82, 2.24) is 15.3 Å². The lowest BCUT2D eigenvalue weighted by Gasteiger charge is -2.16. The number of nitrogens with one attached hydrogen (secondary N) is 3. The predicted octanol–water partition coefficient (Wildman–Crippen LogP) is 5.73. The third-order valence-electron chi connectivity index (χ3n) is 6.87. The SMILES string of the molecule is CC1(C)OC2C=CCCC2O1.O=C1NC(=O)C(c2c(Cl)[nH]c3ccccc23)=C1c1c[nH]c2ccccc12. The normalized spacial score (nSPS) is 22.4. The minimum absolute atomic E-state index is 0.207. The lowest BCUT2D eigenvalue weighted by atomic mass is 9.95. The molecule has 2 atom stereocenters. The highest BCUT2D eigenvalue weighted by atomic mass is 35.5. The number of ether oxygens (including phenoxy) is 2. The van der Waals surface area contributed by atoms with E-state index in [9.17, 15) is 9.59 Å². The number of benzene rings is 2. The van der Waals surface area contributed by atoms with E-state index in [0.29, 0.717) is 33.5 Å². The maximum Gasteiger partial charge on any atom is 0.259 e. The van der Waals surface area contributed by atoms with Gasteiger partial charge in [0.05, 0.1) is 17.3 Å². The molecule has 7 nitrogen and oxygen atoms in total. The standard InChI is InChI=1S/C20H12ClN3O2.C9H14O2/c21-18-15(11-6-2-4-8-14(11)23-18)17-16(19(25)24-20(17)26)12-9-22-13-7-3-1-5-10(12)13;1-9(2)10-7-5-3-4-6-8(7)11-9/h1-9,22-23H,(H,24,25,26);3,5,7-8H,4,6H2,1-2H3. The van der Waals surface area contributed by atoms with Crippen molar-refractivity contribution in [2.45, 2.75) is 44.7 Å². The number of hydrogen-bond donors (Lipinski definition) is 3. The van der Waals surface area contributed by atoms with Crippen molar-refractivity contribution >= 4 is 56.4 Å². The summed E-state index contributed by atoms with van der Waals surface area (Å²) in [4.78, 5) is 31.5. The van der Waals surface area contributed by atoms with Crippen LogP contribution in [0.25, 0.3) is 33.0 Å². The van der Waals surface area contributed by atoms with Crippen LogP contribution in [0.1, 0.15) is 37.8 Å². The minimum atomic E-state index is -0.443. The van der Waals surface area contributed by atoms with Crippen LogP contribution in [-0.2, 0) is 19.1 Å². The molecule has 2 aromatic heterocycles. The van der Waals surface area contributed by atoms with Crippen molar-refractivity contribution in [2.24, 2.45) is 0 Å². The molecule has 2 aromatic carbocycles. The molecule has 2 aliphatic heterocycles. The molecule has 3 aliphatic rings. The highest BCUT2D eigenvalue weighted by molar-refractivity contribution is 6.52. The first-order chi connectivity index (χ1) is 17.8. The summed E-state index contributed by atoms with van der Waals surface area (Å²) in [6, 6.07) is 15.2. The van der Waals surface area contributed by atoms with Gasteiger partial charge in [0.25, 0.3) is 11.8 Å². The molecule has 0 bridgehead atoms. The van der Waals surface area contributed by atoms with Crippen molar-refractivity contribution < 1.29 is 19.1 Å². The Morgan fingerprint density at radius 3 is 2.41 bits per heavy atom. The number of fused-ring (bicyclic) bond motifs is 3. The zero-order valence-corrected chi connectivity index (χ0v) is 21.2. The average Bonchev–Trinajstić information content (AvgIpc) is 3.59. The van der Waals surface area contributed by atoms with Gasteiger partial charge in [0.15, 0.2) is 5.79 Å². The quantitative estimate of drug-likeness (QED) is 0.235. The highest BCUT2D eigenvalue weighted by Crippen LogP contribution is 2.40. The fourth-order valence-corrected chi connectivity index (χ4v) is 5.62. The Morgan fingerprint density at radius 1 is 0.919 bits per heavy atom. The van der Waals surface area contributed by atoms with Crippen LogP contribution in [-0.4, -0.2) is 39.8 Å². The molecule has 0 radical (unpaired) electrons. The smallest absolute Gasteiger partial charge is 0.259 e. The first-order valence-electron chi connectivity index (χ1n) is 12.3. The van der Waals surface area contributed by atoms with Gasteiger partial charge in [-0.05, 0) is 38.8 Å². The van der Waals surface area contributed by atoms with Crippen LogP contribution >= 0.6 is 11.6 Å². The first kappa shape index (κ1) is 23.7. The Labute approximate surface area is 218 Å². The number of hydrogen-bond acceptors (Lipinski definition) is 4. The number of H-pyrrole nitrogens is 2. The molecule has 3 N–H and O–H groups in total. The second-order valence-corrected chi connectivity index (χ2v) is 10.2. The van der Waals surface area contributed by atoms with Crippen molar-refractivity contribution in [3.05, 3.63) is 83.2 Å². The van der Waals surface area contributed by atoms with Crippen molar-refractivity contribution in [3.8, 4) is 0 Å². The van der Waals surface area contributed by atoms with Crippen molar-refractivity contribution in [2.75, 3.05) is 0 Å². The summed E-state index contributed by atoms with van der Waals surface area (Å²) in [6.45, 7) is 3.94. The van der Waals surface area contributed by atoms with E-state index in [1.807, 2.05) is 62.4 Å². The molecule has 1 fully saturated rings. The molecule has 37 heavy (non-hydrogen) atoms. The second-order valence-electron chi connectivity index (χ2n) is 9.78. The van der Waals surface area contributed by atoms with Gasteiger partial charge in [-0.1, -0.05) is 60.2 Å². The van der Waals surface area contributed by atoms with Crippen LogP contribution in [0.5, 0.6) is 0 Å². The van der Waals surface area contributed by atoms with E-state index in [1.54, 1.807) is 6.20 Å². The molecule has 2 amide bonds. The number of rotatable bonds is 2. The van der Waals surface area contributed by atoms with Crippen LogP contribution in [0.3, 0.4) is 0 Å². The van der Waals surface area contributed by atoms with Gasteiger partial charge in [-0.15, -0.1) is 0 Å². The maximum atomic E-state index is 12.6. The first-order valence-corrected chi connectivity index (χ1v) is 12.7. The van der Waals surface area contributed by atoms with Gasteiger partial charge in [0.1, 0.15) is 11.3 Å². The lowest BCUT2D eigenvalue weighted by molar-refractivity contribution is -0.142. The summed E-state index contributed by atoms with van der Waals surface area (Å²) < 4.78 is 11.3. The topological polar surface area (TPSA) is 96.2 Å². The maximum absolute atomic E-state index is 12.6. The fraction of sp³-hybridized carbons (Fsp3) is 0.241. The van der Waals surface area contributed by atoms with E-state index in [-0.39, 0.29) is 11.9 Å². The van der Waals surface area contributed by atoms with Gasteiger partial charge in [-0.3, -0.25) is 14.9 Å². The van der Waals surface area contributed by atoms with E-state index < -0.39 is 11.8 Å².